The Hall–Kier alpha value is -2.08. The molecule has 0 aliphatic rings. The summed E-state index contributed by atoms with van der Waals surface area (Å²) in [7, 11) is 1.31. The minimum absolute atomic E-state index is 0.201. The number of hydrogen-bond donors (Lipinski definition) is 2. The van der Waals surface area contributed by atoms with E-state index in [9.17, 15) is 4.79 Å². The monoisotopic (exact) mass is 220 g/mol. The maximum absolute atomic E-state index is 11.5. The Balaban J connectivity index is 2.78. The van der Waals surface area contributed by atoms with E-state index in [4.69, 9.17) is 11.5 Å². The molecule has 84 valence electrons. The normalized spacial score (nSPS) is 10.6. The predicted octanol–water partition coefficient (Wildman–Crippen LogP) is 0.162. The van der Waals surface area contributed by atoms with Gasteiger partial charge in [0.2, 0.25) is 0 Å². The van der Waals surface area contributed by atoms with Crippen LogP contribution in [-0.2, 0) is 11.3 Å². The average Bonchev–Trinajstić information content (AvgIpc) is 2.68. The van der Waals surface area contributed by atoms with Crippen molar-refractivity contribution < 1.29 is 9.53 Å². The number of esters is 1. The molecule has 2 aromatic rings. The molecule has 0 aromatic carbocycles. The summed E-state index contributed by atoms with van der Waals surface area (Å²) in [5, 5.41) is 0. The van der Waals surface area contributed by atoms with Crippen molar-refractivity contribution in [3.05, 3.63) is 29.7 Å². The van der Waals surface area contributed by atoms with Gasteiger partial charge in [-0.05, 0) is 12.1 Å². The van der Waals surface area contributed by atoms with E-state index in [0.29, 0.717) is 17.2 Å². The van der Waals surface area contributed by atoms with Crippen molar-refractivity contribution in [2.75, 3.05) is 12.8 Å². The number of nitrogens with zero attached hydrogens (tertiary/aromatic N) is 2. The molecular formula is C10H12N4O2. The highest BCUT2D eigenvalue weighted by molar-refractivity contribution is 5.95. The smallest absolute Gasteiger partial charge is 0.358 e. The van der Waals surface area contributed by atoms with E-state index >= 15 is 0 Å². The Kier molecular flexibility index (Phi) is 2.49. The molecule has 16 heavy (non-hydrogen) atoms. The molecule has 0 unspecified atom stereocenters. The Morgan fingerprint density at radius 2 is 2.31 bits per heavy atom. The molecule has 0 aliphatic carbocycles. The quantitative estimate of drug-likeness (QED) is 0.703. The molecule has 2 rings (SSSR count). The fourth-order valence-electron chi connectivity index (χ4n) is 1.62. The van der Waals surface area contributed by atoms with Crippen molar-refractivity contribution in [2.45, 2.75) is 6.54 Å². The number of pyridine rings is 1. The summed E-state index contributed by atoms with van der Waals surface area (Å²) in [6.45, 7) is 0.201. The second kappa shape index (κ2) is 3.82. The lowest BCUT2D eigenvalue weighted by molar-refractivity contribution is 0.0597. The summed E-state index contributed by atoms with van der Waals surface area (Å²) < 4.78 is 6.29. The van der Waals surface area contributed by atoms with Crippen molar-refractivity contribution in [1.82, 2.24) is 9.38 Å². The Morgan fingerprint density at radius 1 is 1.56 bits per heavy atom. The van der Waals surface area contributed by atoms with Crippen LogP contribution in [0.15, 0.2) is 18.2 Å². The molecule has 4 N–H and O–H groups in total. The van der Waals surface area contributed by atoms with Crippen LogP contribution in [0, 0.1) is 0 Å². The molecule has 0 spiro atoms. The molecule has 0 saturated carbocycles. The van der Waals surface area contributed by atoms with E-state index in [1.54, 1.807) is 22.6 Å². The van der Waals surface area contributed by atoms with Gasteiger partial charge < -0.3 is 16.2 Å². The number of anilines is 1. The van der Waals surface area contributed by atoms with Crippen molar-refractivity contribution in [2.24, 2.45) is 5.73 Å². The largest absolute Gasteiger partial charge is 0.464 e. The zero-order valence-electron chi connectivity index (χ0n) is 8.80. The summed E-state index contributed by atoms with van der Waals surface area (Å²) in [5.41, 5.74) is 12.2. The molecule has 0 atom stereocenters. The Bertz CT molecular complexity index is 547. The number of aromatic nitrogens is 2. The van der Waals surface area contributed by atoms with E-state index in [1.807, 2.05) is 0 Å². The highest BCUT2D eigenvalue weighted by atomic mass is 16.5. The van der Waals surface area contributed by atoms with Crippen LogP contribution < -0.4 is 11.5 Å². The van der Waals surface area contributed by atoms with E-state index < -0.39 is 5.97 Å². The second-order valence-electron chi connectivity index (χ2n) is 3.24. The number of imidazole rings is 1. The van der Waals surface area contributed by atoms with Gasteiger partial charge in [-0.1, -0.05) is 6.07 Å². The molecule has 0 radical (unpaired) electrons. The van der Waals surface area contributed by atoms with Gasteiger partial charge in [0, 0.05) is 0 Å². The molecule has 2 heterocycles. The molecule has 6 nitrogen and oxygen atoms in total. The molecule has 0 aliphatic heterocycles. The van der Waals surface area contributed by atoms with Crippen LogP contribution in [0.4, 0.5) is 5.82 Å². The first kappa shape index (κ1) is 10.4. The topological polar surface area (TPSA) is 95.6 Å². The highest BCUT2D eigenvalue weighted by Crippen LogP contribution is 2.17. The van der Waals surface area contributed by atoms with Crippen LogP contribution in [0.1, 0.15) is 16.3 Å². The maximum Gasteiger partial charge on any atom is 0.358 e. The lowest BCUT2D eigenvalue weighted by atomic mass is 10.3. The number of methoxy groups -OCH3 is 1. The van der Waals surface area contributed by atoms with E-state index in [0.717, 1.165) is 0 Å². The van der Waals surface area contributed by atoms with Crippen molar-refractivity contribution in [3.8, 4) is 0 Å². The number of carbonyl (C=O) groups excluding carboxylic acids is 1. The van der Waals surface area contributed by atoms with Crippen LogP contribution in [-0.4, -0.2) is 22.5 Å². The van der Waals surface area contributed by atoms with Gasteiger partial charge in [-0.2, -0.15) is 0 Å². The van der Waals surface area contributed by atoms with Crippen LogP contribution in [0.25, 0.3) is 5.52 Å². The molecule has 2 aromatic heterocycles. The summed E-state index contributed by atoms with van der Waals surface area (Å²) in [6, 6.07) is 5.21. The second-order valence-corrected chi connectivity index (χ2v) is 3.24. The number of carbonyl (C=O) groups is 1. The SMILES string of the molecule is COC(=O)c1nc(CN)n2c(N)cccc12. The number of rotatable bonds is 2. The Labute approximate surface area is 91.8 Å². The molecular weight excluding hydrogens is 208 g/mol. The summed E-state index contributed by atoms with van der Waals surface area (Å²) >= 11 is 0. The van der Waals surface area contributed by atoms with Gasteiger partial charge in [0.25, 0.3) is 0 Å². The van der Waals surface area contributed by atoms with E-state index in [1.165, 1.54) is 7.11 Å². The third-order valence-corrected chi connectivity index (χ3v) is 2.32. The van der Waals surface area contributed by atoms with Gasteiger partial charge >= 0.3 is 5.97 Å². The standard InChI is InChI=1S/C10H12N4O2/c1-16-10(15)9-6-3-2-4-7(12)14(6)8(5-11)13-9/h2-4H,5,11-12H2,1H3. The van der Waals surface area contributed by atoms with Crippen LogP contribution in [0.2, 0.25) is 0 Å². The molecule has 0 saturated heterocycles. The zero-order valence-corrected chi connectivity index (χ0v) is 8.80. The number of ether oxygens (including phenoxy) is 1. The van der Waals surface area contributed by atoms with Gasteiger partial charge in [-0.15, -0.1) is 0 Å². The van der Waals surface area contributed by atoms with E-state index in [2.05, 4.69) is 9.72 Å². The average molecular weight is 220 g/mol. The van der Waals surface area contributed by atoms with Crippen LogP contribution in [0.3, 0.4) is 0 Å². The number of nitrogens with two attached hydrogens (primary N) is 2. The third kappa shape index (κ3) is 1.40. The summed E-state index contributed by atoms with van der Waals surface area (Å²) in [5.74, 6) is 0.525. The molecule has 0 fully saturated rings. The van der Waals surface area contributed by atoms with E-state index in [-0.39, 0.29) is 12.2 Å². The van der Waals surface area contributed by atoms with Gasteiger partial charge in [-0.25, -0.2) is 9.78 Å². The highest BCUT2D eigenvalue weighted by Gasteiger charge is 2.17. The fourth-order valence-corrected chi connectivity index (χ4v) is 1.62. The first-order valence-electron chi connectivity index (χ1n) is 4.73. The molecule has 6 heteroatoms. The predicted molar refractivity (Wildman–Crippen MR) is 58.8 cm³/mol. The van der Waals surface area contributed by atoms with Gasteiger partial charge in [0.1, 0.15) is 11.6 Å². The van der Waals surface area contributed by atoms with Gasteiger partial charge in [0.05, 0.1) is 19.2 Å². The number of hydrogen-bond acceptors (Lipinski definition) is 5. The summed E-state index contributed by atoms with van der Waals surface area (Å²) in [4.78, 5) is 15.6. The van der Waals surface area contributed by atoms with Crippen molar-refractivity contribution in [1.29, 1.82) is 0 Å². The first-order valence-corrected chi connectivity index (χ1v) is 4.73. The van der Waals surface area contributed by atoms with Gasteiger partial charge in [0.15, 0.2) is 5.69 Å². The zero-order chi connectivity index (χ0) is 11.7. The van der Waals surface area contributed by atoms with Crippen molar-refractivity contribution in [3.63, 3.8) is 0 Å². The number of nitrogen functional groups attached to an aromatic ring is 1. The lowest BCUT2D eigenvalue weighted by Gasteiger charge is -2.02. The van der Waals surface area contributed by atoms with Crippen LogP contribution >= 0.6 is 0 Å². The van der Waals surface area contributed by atoms with Crippen LogP contribution in [0.5, 0.6) is 0 Å². The molecule has 0 bridgehead atoms. The first-order chi connectivity index (χ1) is 7.69. The maximum atomic E-state index is 11.5. The summed E-state index contributed by atoms with van der Waals surface area (Å²) in [6.07, 6.45) is 0. The van der Waals surface area contributed by atoms with Crippen molar-refractivity contribution >= 4 is 17.3 Å². The number of fused-ring (bicyclic) bond motifs is 1. The third-order valence-electron chi connectivity index (χ3n) is 2.32. The lowest BCUT2D eigenvalue weighted by Crippen LogP contribution is -2.05. The fraction of sp³-hybridized carbons (Fsp3) is 0.200. The molecule has 0 amide bonds. The van der Waals surface area contributed by atoms with Gasteiger partial charge in [-0.3, -0.25) is 4.40 Å². The minimum atomic E-state index is -0.497. The minimum Gasteiger partial charge on any atom is -0.464 e. The Morgan fingerprint density at radius 3 is 2.94 bits per heavy atom.